The van der Waals surface area contributed by atoms with Gasteiger partial charge in [-0.1, -0.05) is 30.3 Å². The van der Waals surface area contributed by atoms with Crippen LogP contribution in [0, 0.1) is 11.3 Å². The standard InChI is InChI=1S/C18H16N2/c1-20(2)17-8-7-15(10-17)18-11-14-6-4-3-5-13(14)9-16(18)12-19/h3-6,8-11H,7H2,1-2H3. The summed E-state index contributed by atoms with van der Waals surface area (Å²) in [6.45, 7) is 0. The Morgan fingerprint density at radius 2 is 1.80 bits per heavy atom. The minimum atomic E-state index is 0.753. The first-order valence-corrected chi connectivity index (χ1v) is 6.70. The van der Waals surface area contributed by atoms with Crippen molar-refractivity contribution in [3.8, 4) is 6.07 Å². The van der Waals surface area contributed by atoms with E-state index < -0.39 is 0 Å². The highest BCUT2D eigenvalue weighted by atomic mass is 15.1. The van der Waals surface area contributed by atoms with Crippen molar-refractivity contribution < 1.29 is 0 Å². The summed E-state index contributed by atoms with van der Waals surface area (Å²) in [5.74, 6) is 0. The number of benzene rings is 2. The van der Waals surface area contributed by atoms with Crippen LogP contribution in [0.15, 0.2) is 54.2 Å². The van der Waals surface area contributed by atoms with Crippen LogP contribution in [0.25, 0.3) is 16.3 Å². The molecule has 1 aliphatic rings. The van der Waals surface area contributed by atoms with E-state index >= 15 is 0 Å². The zero-order chi connectivity index (χ0) is 14.1. The Bertz CT molecular complexity index is 774. The molecule has 2 aromatic carbocycles. The summed E-state index contributed by atoms with van der Waals surface area (Å²) in [5, 5.41) is 11.7. The molecule has 0 aromatic heterocycles. The zero-order valence-corrected chi connectivity index (χ0v) is 11.7. The van der Waals surface area contributed by atoms with Gasteiger partial charge < -0.3 is 4.90 Å². The summed E-state index contributed by atoms with van der Waals surface area (Å²) >= 11 is 0. The Hall–Kier alpha value is -2.53. The maximum absolute atomic E-state index is 9.41. The van der Waals surface area contributed by atoms with E-state index in [1.54, 1.807) is 0 Å². The summed E-state index contributed by atoms with van der Waals surface area (Å²) in [5.41, 5.74) is 4.23. The number of hydrogen-bond acceptors (Lipinski definition) is 2. The lowest BCUT2D eigenvalue weighted by Crippen LogP contribution is -2.07. The normalized spacial score (nSPS) is 13.8. The molecular weight excluding hydrogens is 244 g/mol. The highest BCUT2D eigenvalue weighted by Gasteiger charge is 2.14. The van der Waals surface area contributed by atoms with Crippen molar-refractivity contribution in [3.05, 3.63) is 65.4 Å². The summed E-state index contributed by atoms with van der Waals surface area (Å²) in [4.78, 5) is 2.10. The molecule has 0 amide bonds. The summed E-state index contributed by atoms with van der Waals surface area (Å²) in [6, 6.07) is 14.6. The zero-order valence-electron chi connectivity index (χ0n) is 11.7. The van der Waals surface area contributed by atoms with E-state index in [4.69, 9.17) is 0 Å². The van der Waals surface area contributed by atoms with Crippen molar-refractivity contribution in [2.75, 3.05) is 14.1 Å². The van der Waals surface area contributed by atoms with Gasteiger partial charge >= 0.3 is 0 Å². The van der Waals surface area contributed by atoms with E-state index in [0.29, 0.717) is 0 Å². The van der Waals surface area contributed by atoms with Gasteiger partial charge in [0.15, 0.2) is 0 Å². The van der Waals surface area contributed by atoms with Crippen molar-refractivity contribution in [1.29, 1.82) is 5.26 Å². The summed E-state index contributed by atoms with van der Waals surface area (Å²) < 4.78 is 0. The smallest absolute Gasteiger partial charge is 0.0998 e. The van der Waals surface area contributed by atoms with Crippen LogP contribution in [-0.4, -0.2) is 19.0 Å². The van der Waals surface area contributed by atoms with Crippen molar-refractivity contribution in [2.24, 2.45) is 0 Å². The Balaban J connectivity index is 2.13. The molecule has 0 radical (unpaired) electrons. The predicted molar refractivity (Wildman–Crippen MR) is 83.0 cm³/mol. The first-order chi connectivity index (χ1) is 9.69. The monoisotopic (exact) mass is 260 g/mol. The first-order valence-electron chi connectivity index (χ1n) is 6.70. The summed E-state index contributed by atoms with van der Waals surface area (Å²) in [7, 11) is 4.08. The van der Waals surface area contributed by atoms with Gasteiger partial charge in [-0.3, -0.25) is 0 Å². The lowest BCUT2D eigenvalue weighted by Gasteiger charge is -2.11. The van der Waals surface area contributed by atoms with Gasteiger partial charge in [-0.2, -0.15) is 5.26 Å². The van der Waals surface area contributed by atoms with Gasteiger partial charge in [0, 0.05) is 19.8 Å². The van der Waals surface area contributed by atoms with Crippen LogP contribution in [0.4, 0.5) is 0 Å². The minimum absolute atomic E-state index is 0.753. The Morgan fingerprint density at radius 1 is 1.10 bits per heavy atom. The number of nitriles is 1. The van der Waals surface area contributed by atoms with E-state index in [1.807, 2.05) is 38.4 Å². The second-order valence-corrected chi connectivity index (χ2v) is 5.25. The van der Waals surface area contributed by atoms with E-state index in [1.165, 1.54) is 16.7 Å². The second kappa shape index (κ2) is 4.86. The third-order valence-electron chi connectivity index (χ3n) is 3.72. The lowest BCUT2D eigenvalue weighted by molar-refractivity contribution is 0.531. The van der Waals surface area contributed by atoms with Crippen molar-refractivity contribution in [2.45, 2.75) is 6.42 Å². The molecule has 0 fully saturated rings. The number of nitrogens with zero attached hydrogens (tertiary/aromatic N) is 2. The highest BCUT2D eigenvalue weighted by Crippen LogP contribution is 2.32. The molecule has 0 bridgehead atoms. The second-order valence-electron chi connectivity index (χ2n) is 5.25. The van der Waals surface area contributed by atoms with Crippen LogP contribution in [0.3, 0.4) is 0 Å². The van der Waals surface area contributed by atoms with E-state index in [0.717, 1.165) is 22.9 Å². The van der Waals surface area contributed by atoms with Crippen LogP contribution < -0.4 is 0 Å². The Labute approximate surface area is 119 Å². The number of hydrogen-bond donors (Lipinski definition) is 0. The van der Waals surface area contributed by atoms with Gasteiger partial charge in [0.05, 0.1) is 11.6 Å². The van der Waals surface area contributed by atoms with Gasteiger partial charge in [0.2, 0.25) is 0 Å². The highest BCUT2D eigenvalue weighted by molar-refractivity contribution is 5.90. The van der Waals surface area contributed by atoms with Crippen molar-refractivity contribution >= 4 is 16.3 Å². The molecule has 0 heterocycles. The van der Waals surface area contributed by atoms with Gasteiger partial charge in [-0.05, 0) is 46.5 Å². The lowest BCUT2D eigenvalue weighted by atomic mass is 9.95. The largest absolute Gasteiger partial charge is 0.378 e. The fraction of sp³-hybridized carbons (Fsp3) is 0.167. The minimum Gasteiger partial charge on any atom is -0.378 e. The molecule has 2 heteroatoms. The predicted octanol–water partition coefficient (Wildman–Crippen LogP) is 3.94. The van der Waals surface area contributed by atoms with Crippen LogP contribution >= 0.6 is 0 Å². The van der Waals surface area contributed by atoms with Crippen molar-refractivity contribution in [1.82, 2.24) is 4.90 Å². The molecule has 0 aliphatic heterocycles. The molecule has 2 nitrogen and oxygen atoms in total. The fourth-order valence-corrected chi connectivity index (χ4v) is 2.61. The fourth-order valence-electron chi connectivity index (χ4n) is 2.61. The van der Waals surface area contributed by atoms with Crippen LogP contribution in [0.2, 0.25) is 0 Å². The van der Waals surface area contributed by atoms with Crippen LogP contribution in [-0.2, 0) is 0 Å². The third-order valence-corrected chi connectivity index (χ3v) is 3.72. The topological polar surface area (TPSA) is 27.0 Å². The van der Waals surface area contributed by atoms with Crippen molar-refractivity contribution in [3.63, 3.8) is 0 Å². The number of allylic oxidation sites excluding steroid dienone is 3. The number of rotatable bonds is 2. The molecule has 0 saturated heterocycles. The molecular formula is C18H16N2. The molecule has 0 saturated carbocycles. The molecule has 20 heavy (non-hydrogen) atoms. The van der Waals surface area contributed by atoms with Gasteiger partial charge in [0.25, 0.3) is 0 Å². The average molecular weight is 260 g/mol. The maximum Gasteiger partial charge on any atom is 0.0998 e. The first kappa shape index (κ1) is 12.5. The third kappa shape index (κ3) is 2.08. The Morgan fingerprint density at radius 3 is 2.40 bits per heavy atom. The molecule has 0 N–H and O–H groups in total. The van der Waals surface area contributed by atoms with E-state index in [2.05, 4.69) is 35.3 Å². The molecule has 0 unspecified atom stereocenters. The van der Waals surface area contributed by atoms with Crippen LogP contribution in [0.1, 0.15) is 17.5 Å². The van der Waals surface area contributed by atoms with Gasteiger partial charge in [-0.25, -0.2) is 0 Å². The Kier molecular flexibility index (Phi) is 3.04. The summed E-state index contributed by atoms with van der Waals surface area (Å²) in [6.07, 6.45) is 5.26. The SMILES string of the molecule is CN(C)C1=CCC(c2cc3ccccc3cc2C#N)=C1. The van der Waals surface area contributed by atoms with Crippen LogP contribution in [0.5, 0.6) is 0 Å². The molecule has 2 aromatic rings. The molecule has 0 atom stereocenters. The molecule has 3 rings (SSSR count). The average Bonchev–Trinajstić information content (AvgIpc) is 2.95. The molecule has 98 valence electrons. The maximum atomic E-state index is 9.41. The quantitative estimate of drug-likeness (QED) is 0.817. The van der Waals surface area contributed by atoms with E-state index in [9.17, 15) is 5.26 Å². The number of likely N-dealkylation sites (N-methyl/N-ethyl adjacent to an activating group) is 1. The number of fused-ring (bicyclic) bond motifs is 1. The molecule has 1 aliphatic carbocycles. The molecule has 0 spiro atoms. The van der Waals surface area contributed by atoms with Gasteiger partial charge in [-0.15, -0.1) is 0 Å². The van der Waals surface area contributed by atoms with Gasteiger partial charge in [0.1, 0.15) is 0 Å². The van der Waals surface area contributed by atoms with E-state index in [-0.39, 0.29) is 0 Å².